The first-order chi connectivity index (χ1) is 11.6. The number of hydrogen-bond donors (Lipinski definition) is 1. The van der Waals surface area contributed by atoms with Crippen molar-refractivity contribution in [2.75, 3.05) is 23.9 Å². The Bertz CT molecular complexity index is 833. The van der Waals surface area contributed by atoms with Crippen LogP contribution in [0.2, 0.25) is 5.02 Å². The lowest BCUT2D eigenvalue weighted by Crippen LogP contribution is -2.46. The van der Waals surface area contributed by atoms with Crippen molar-refractivity contribution in [1.29, 1.82) is 0 Å². The van der Waals surface area contributed by atoms with Crippen LogP contribution in [-0.4, -0.2) is 49.7 Å². The van der Waals surface area contributed by atoms with Crippen LogP contribution in [0.4, 0.5) is 5.69 Å². The smallest absolute Gasteiger partial charge is 0.240 e. The Kier molecular flexibility index (Phi) is 4.58. The summed E-state index contributed by atoms with van der Waals surface area (Å²) in [4.78, 5) is 27.0. The van der Waals surface area contributed by atoms with Crippen LogP contribution in [0.25, 0.3) is 0 Å². The van der Waals surface area contributed by atoms with Crippen LogP contribution in [-0.2, 0) is 19.4 Å². The molecule has 1 saturated carbocycles. The number of halogens is 1. The maximum absolute atomic E-state index is 12.9. The van der Waals surface area contributed by atoms with Crippen LogP contribution in [0.15, 0.2) is 18.2 Å². The molecule has 136 valence electrons. The molecule has 1 aromatic carbocycles. The number of sulfone groups is 1. The molecule has 1 aliphatic heterocycles. The number of anilines is 1. The molecule has 1 aliphatic carbocycles. The summed E-state index contributed by atoms with van der Waals surface area (Å²) in [6, 6.07) is 4.84. The van der Waals surface area contributed by atoms with Gasteiger partial charge in [-0.15, -0.1) is 0 Å². The van der Waals surface area contributed by atoms with Crippen molar-refractivity contribution in [2.24, 2.45) is 5.41 Å². The quantitative estimate of drug-likeness (QED) is 0.805. The van der Waals surface area contributed by atoms with Crippen molar-refractivity contribution in [1.82, 2.24) is 4.90 Å². The van der Waals surface area contributed by atoms with Crippen LogP contribution in [0.5, 0.6) is 0 Å². The van der Waals surface area contributed by atoms with Crippen LogP contribution >= 0.6 is 11.6 Å². The van der Waals surface area contributed by atoms with Gasteiger partial charge in [0.05, 0.1) is 11.5 Å². The van der Waals surface area contributed by atoms with Gasteiger partial charge in [-0.25, -0.2) is 8.42 Å². The highest BCUT2D eigenvalue weighted by atomic mass is 35.5. The summed E-state index contributed by atoms with van der Waals surface area (Å²) in [5.74, 6) is -0.585. The van der Waals surface area contributed by atoms with E-state index >= 15 is 0 Å². The molecule has 0 radical (unpaired) electrons. The molecule has 0 aromatic heterocycles. The molecule has 25 heavy (non-hydrogen) atoms. The lowest BCUT2D eigenvalue weighted by Gasteiger charge is -2.27. The Morgan fingerprint density at radius 2 is 2.00 bits per heavy atom. The van der Waals surface area contributed by atoms with Gasteiger partial charge in [-0.2, -0.15) is 0 Å². The Morgan fingerprint density at radius 3 is 2.56 bits per heavy atom. The number of rotatable bonds is 4. The lowest BCUT2D eigenvalue weighted by atomic mass is 10.0. The first kappa shape index (κ1) is 18.2. The number of benzene rings is 1. The second-order valence-electron chi connectivity index (χ2n) is 6.97. The van der Waals surface area contributed by atoms with Crippen LogP contribution in [0.1, 0.15) is 24.8 Å². The number of nitrogens with one attached hydrogen (secondary N) is 1. The molecule has 1 saturated heterocycles. The Morgan fingerprint density at radius 1 is 1.32 bits per heavy atom. The average molecular weight is 385 g/mol. The topological polar surface area (TPSA) is 83.6 Å². The summed E-state index contributed by atoms with van der Waals surface area (Å²) >= 11 is 5.97. The predicted molar refractivity (Wildman–Crippen MR) is 96.3 cm³/mol. The zero-order valence-corrected chi connectivity index (χ0v) is 15.8. The third-order valence-corrected chi connectivity index (χ3v) is 7.10. The fourth-order valence-corrected chi connectivity index (χ4v) is 5.16. The van der Waals surface area contributed by atoms with E-state index in [-0.39, 0.29) is 29.4 Å². The number of nitrogens with zero attached hydrogens (tertiary/aromatic N) is 1. The summed E-state index contributed by atoms with van der Waals surface area (Å²) < 4.78 is 23.3. The van der Waals surface area contributed by atoms with Gasteiger partial charge in [0.25, 0.3) is 0 Å². The molecule has 2 fully saturated rings. The van der Waals surface area contributed by atoms with E-state index in [9.17, 15) is 18.0 Å². The minimum absolute atomic E-state index is 0.0274. The summed E-state index contributed by atoms with van der Waals surface area (Å²) in [5.41, 5.74) is 0.356. The summed E-state index contributed by atoms with van der Waals surface area (Å²) in [6.07, 6.45) is 1.37. The third kappa shape index (κ3) is 3.53. The number of amides is 2. The van der Waals surface area contributed by atoms with E-state index in [0.29, 0.717) is 30.0 Å². The molecule has 1 unspecified atom stereocenters. The largest absolute Gasteiger partial charge is 0.341 e. The number of carbonyl (C=O) groups excluding carboxylic acids is 2. The zero-order chi connectivity index (χ0) is 18.4. The molecular weight excluding hydrogens is 364 g/mol. The first-order valence-corrected chi connectivity index (χ1v) is 10.4. The minimum atomic E-state index is -3.09. The van der Waals surface area contributed by atoms with Gasteiger partial charge in [-0.3, -0.25) is 9.59 Å². The van der Waals surface area contributed by atoms with E-state index < -0.39 is 15.3 Å². The van der Waals surface area contributed by atoms with Gasteiger partial charge in [0.15, 0.2) is 9.84 Å². The van der Waals surface area contributed by atoms with E-state index in [0.717, 1.165) is 5.56 Å². The molecule has 1 N–H and O–H groups in total. The third-order valence-electron chi connectivity index (χ3n) is 5.12. The monoisotopic (exact) mass is 384 g/mol. The predicted octanol–water partition coefficient (Wildman–Crippen LogP) is 2.01. The van der Waals surface area contributed by atoms with Crippen molar-refractivity contribution in [3.63, 3.8) is 0 Å². The molecule has 6 nitrogen and oxygen atoms in total. The second-order valence-corrected chi connectivity index (χ2v) is 9.63. The standard InChI is InChI=1S/C17H21ClN2O4S/c1-11-3-4-12(18)9-14(11)19-15(21)17(6-7-17)16(22)20(2)13-5-8-25(23,24)10-13/h3-4,9,13H,5-8,10H2,1-2H3,(H,19,21). The van der Waals surface area contributed by atoms with Gasteiger partial charge < -0.3 is 10.2 Å². The Hall–Kier alpha value is -1.60. The molecule has 2 aliphatic rings. The zero-order valence-electron chi connectivity index (χ0n) is 14.2. The maximum Gasteiger partial charge on any atom is 0.240 e. The minimum Gasteiger partial charge on any atom is -0.341 e. The fourth-order valence-electron chi connectivity index (χ4n) is 3.22. The molecule has 3 rings (SSSR count). The fraction of sp³-hybridized carbons (Fsp3) is 0.529. The van der Waals surface area contributed by atoms with Gasteiger partial charge >= 0.3 is 0 Å². The Labute approximate surface area is 152 Å². The van der Waals surface area contributed by atoms with E-state index in [1.54, 1.807) is 25.2 Å². The van der Waals surface area contributed by atoms with Crippen molar-refractivity contribution >= 4 is 38.9 Å². The highest BCUT2D eigenvalue weighted by Gasteiger charge is 2.58. The van der Waals surface area contributed by atoms with Crippen molar-refractivity contribution < 1.29 is 18.0 Å². The number of carbonyl (C=O) groups is 2. The second kappa shape index (κ2) is 6.29. The maximum atomic E-state index is 12.9. The van der Waals surface area contributed by atoms with Gasteiger partial charge in [0, 0.05) is 23.8 Å². The van der Waals surface area contributed by atoms with Gasteiger partial charge in [0.2, 0.25) is 11.8 Å². The van der Waals surface area contributed by atoms with Crippen molar-refractivity contribution in [3.05, 3.63) is 28.8 Å². The molecule has 2 amide bonds. The molecule has 8 heteroatoms. The van der Waals surface area contributed by atoms with Crippen molar-refractivity contribution in [2.45, 2.75) is 32.2 Å². The SMILES string of the molecule is Cc1ccc(Cl)cc1NC(=O)C1(C(=O)N(C)C2CCS(=O)(=O)C2)CC1. The molecular formula is C17H21ClN2O4S. The summed E-state index contributed by atoms with van der Waals surface area (Å²) in [7, 11) is -1.50. The summed E-state index contributed by atoms with van der Waals surface area (Å²) in [5, 5.41) is 3.31. The van der Waals surface area contributed by atoms with Crippen LogP contribution in [0.3, 0.4) is 0 Å². The Balaban J connectivity index is 1.74. The van der Waals surface area contributed by atoms with E-state index in [1.165, 1.54) is 4.90 Å². The van der Waals surface area contributed by atoms with E-state index in [2.05, 4.69) is 5.32 Å². The number of hydrogen-bond acceptors (Lipinski definition) is 4. The first-order valence-electron chi connectivity index (χ1n) is 8.20. The molecule has 0 spiro atoms. The molecule has 0 bridgehead atoms. The average Bonchev–Trinajstić information content (AvgIpc) is 3.28. The van der Waals surface area contributed by atoms with Crippen LogP contribution < -0.4 is 5.32 Å². The van der Waals surface area contributed by atoms with E-state index in [4.69, 9.17) is 11.6 Å². The van der Waals surface area contributed by atoms with E-state index in [1.807, 2.05) is 6.92 Å². The van der Waals surface area contributed by atoms with Gasteiger partial charge in [0.1, 0.15) is 5.41 Å². The lowest BCUT2D eigenvalue weighted by molar-refractivity contribution is -0.142. The molecule has 1 heterocycles. The van der Waals surface area contributed by atoms with Gasteiger partial charge in [-0.1, -0.05) is 17.7 Å². The number of aryl methyl sites for hydroxylation is 1. The van der Waals surface area contributed by atoms with Crippen LogP contribution in [0, 0.1) is 12.3 Å². The summed E-state index contributed by atoms with van der Waals surface area (Å²) in [6.45, 7) is 1.85. The highest BCUT2D eigenvalue weighted by Crippen LogP contribution is 2.48. The molecule has 1 aromatic rings. The van der Waals surface area contributed by atoms with Gasteiger partial charge in [-0.05, 0) is 43.9 Å². The van der Waals surface area contributed by atoms with Crippen molar-refractivity contribution in [3.8, 4) is 0 Å². The molecule has 1 atom stereocenters. The highest BCUT2D eigenvalue weighted by molar-refractivity contribution is 7.91. The normalized spacial score (nSPS) is 23.1.